The van der Waals surface area contributed by atoms with Gasteiger partial charge < -0.3 is 24.5 Å². The van der Waals surface area contributed by atoms with Gasteiger partial charge in [-0.05, 0) is 43.5 Å². The van der Waals surface area contributed by atoms with E-state index in [9.17, 15) is 0 Å². The number of fused-ring (bicyclic) bond motifs is 1. The highest BCUT2D eigenvalue weighted by Gasteiger charge is 2.47. The summed E-state index contributed by atoms with van der Waals surface area (Å²) in [6, 6.07) is 5.92. The fourth-order valence-electron chi connectivity index (χ4n) is 4.66. The van der Waals surface area contributed by atoms with Gasteiger partial charge >= 0.3 is 0 Å². The molecule has 2 N–H and O–H groups in total. The number of hydrogen-bond acceptors (Lipinski definition) is 7. The number of nitrogens with zero attached hydrogens (tertiary/aromatic N) is 2. The number of aromatic nitrogens is 2. The van der Waals surface area contributed by atoms with Gasteiger partial charge in [0.05, 0.1) is 31.6 Å². The third-order valence-electron chi connectivity index (χ3n) is 6.19. The first-order valence-electron chi connectivity index (χ1n) is 10.5. The van der Waals surface area contributed by atoms with Crippen LogP contribution in [0, 0.1) is 5.92 Å². The van der Waals surface area contributed by atoms with Crippen molar-refractivity contribution in [1.82, 2.24) is 15.3 Å². The average molecular weight is 384 g/mol. The van der Waals surface area contributed by atoms with Crippen molar-refractivity contribution < 1.29 is 13.9 Å². The van der Waals surface area contributed by atoms with Gasteiger partial charge in [-0.25, -0.2) is 9.97 Å². The zero-order valence-corrected chi connectivity index (χ0v) is 16.0. The van der Waals surface area contributed by atoms with Crippen molar-refractivity contribution in [2.75, 3.05) is 25.1 Å². The normalized spacial score (nSPS) is 30.4. The largest absolute Gasteiger partial charge is 0.463 e. The Morgan fingerprint density at radius 3 is 2.64 bits per heavy atom. The summed E-state index contributed by atoms with van der Waals surface area (Å²) in [7, 11) is 0. The minimum absolute atomic E-state index is 0.0275. The lowest BCUT2D eigenvalue weighted by atomic mass is 9.89. The van der Waals surface area contributed by atoms with Gasteiger partial charge in [0, 0.05) is 6.20 Å². The Balaban J connectivity index is 1.18. The fraction of sp³-hybridized carbons (Fsp3) is 0.619. The van der Waals surface area contributed by atoms with E-state index in [2.05, 4.69) is 20.6 Å². The molecule has 5 rings (SSSR count). The molecule has 0 aromatic carbocycles. The number of ether oxygens (including phenoxy) is 2. The minimum Gasteiger partial charge on any atom is -0.463 e. The number of hydrogen-bond donors (Lipinski definition) is 2. The summed E-state index contributed by atoms with van der Waals surface area (Å²) in [5.74, 6) is 2.11. The molecule has 2 saturated heterocycles. The molecule has 3 aliphatic rings. The molecule has 1 aliphatic carbocycles. The first-order valence-corrected chi connectivity index (χ1v) is 10.5. The molecule has 3 fully saturated rings. The minimum atomic E-state index is 0.0275. The number of anilines is 1. The van der Waals surface area contributed by atoms with Crippen LogP contribution in [0.1, 0.15) is 32.1 Å². The molecule has 7 nitrogen and oxygen atoms in total. The summed E-state index contributed by atoms with van der Waals surface area (Å²) in [5.41, 5.74) is 0.761. The van der Waals surface area contributed by atoms with Crippen LogP contribution in [-0.2, 0) is 9.47 Å². The maximum Gasteiger partial charge on any atom is 0.223 e. The molecule has 1 saturated carbocycles. The molecule has 0 amide bonds. The fourth-order valence-corrected chi connectivity index (χ4v) is 4.66. The van der Waals surface area contributed by atoms with E-state index in [1.807, 2.05) is 18.2 Å². The third-order valence-corrected chi connectivity index (χ3v) is 6.19. The predicted octanol–water partition coefficient (Wildman–Crippen LogP) is 2.85. The summed E-state index contributed by atoms with van der Waals surface area (Å²) in [6.45, 7) is 2.38. The van der Waals surface area contributed by atoms with Crippen molar-refractivity contribution in [2.24, 2.45) is 5.92 Å². The molecule has 2 aliphatic heterocycles. The van der Waals surface area contributed by atoms with Crippen LogP contribution in [0.3, 0.4) is 0 Å². The van der Waals surface area contributed by atoms with Crippen molar-refractivity contribution >= 4 is 5.95 Å². The van der Waals surface area contributed by atoms with Crippen LogP contribution in [0.15, 0.2) is 35.1 Å². The standard InChI is InChI=1S/C21H28N4O3/c1-2-5-14(6-3-1)11-23-16-12-27-20-17(13-28-19(16)20)25-21-22-9-8-15(24-21)18-7-4-10-26-18/h4,7-10,14,16-17,19-20,23H,1-3,5-6,11-13H2,(H,22,24,25)/t16-,17-,19+,20+/m0/s1. The lowest BCUT2D eigenvalue weighted by Crippen LogP contribution is -2.44. The van der Waals surface area contributed by atoms with Gasteiger partial charge in [0.15, 0.2) is 5.76 Å². The van der Waals surface area contributed by atoms with E-state index < -0.39 is 0 Å². The molecule has 0 radical (unpaired) electrons. The van der Waals surface area contributed by atoms with Gasteiger partial charge in [-0.2, -0.15) is 0 Å². The molecule has 4 atom stereocenters. The Hall–Kier alpha value is -1.96. The smallest absolute Gasteiger partial charge is 0.223 e. The maximum absolute atomic E-state index is 6.09. The predicted molar refractivity (Wildman–Crippen MR) is 105 cm³/mol. The number of furan rings is 1. The topological polar surface area (TPSA) is 81.4 Å². The third kappa shape index (κ3) is 3.79. The second kappa shape index (κ2) is 8.19. The van der Waals surface area contributed by atoms with Gasteiger partial charge in [0.1, 0.15) is 17.9 Å². The van der Waals surface area contributed by atoms with Gasteiger partial charge in [-0.3, -0.25) is 0 Å². The second-order valence-corrected chi connectivity index (χ2v) is 8.11. The molecular weight excluding hydrogens is 356 g/mol. The number of nitrogens with one attached hydrogen (secondary N) is 2. The van der Waals surface area contributed by atoms with Crippen molar-refractivity contribution in [3.63, 3.8) is 0 Å². The van der Waals surface area contributed by atoms with Gasteiger partial charge in [0.2, 0.25) is 5.95 Å². The zero-order chi connectivity index (χ0) is 18.8. The molecule has 4 heterocycles. The van der Waals surface area contributed by atoms with Crippen LogP contribution in [0.5, 0.6) is 0 Å². The Morgan fingerprint density at radius 1 is 1.00 bits per heavy atom. The van der Waals surface area contributed by atoms with E-state index >= 15 is 0 Å². The van der Waals surface area contributed by atoms with Crippen molar-refractivity contribution in [1.29, 1.82) is 0 Å². The Kier molecular flexibility index (Phi) is 5.29. The first kappa shape index (κ1) is 18.1. The van der Waals surface area contributed by atoms with Crippen LogP contribution in [0.4, 0.5) is 5.95 Å². The molecular formula is C21H28N4O3. The van der Waals surface area contributed by atoms with Crippen molar-refractivity contribution in [3.05, 3.63) is 30.7 Å². The highest BCUT2D eigenvalue weighted by atomic mass is 16.6. The maximum atomic E-state index is 6.09. The van der Waals surface area contributed by atoms with E-state index in [0.29, 0.717) is 19.2 Å². The van der Waals surface area contributed by atoms with E-state index in [1.165, 1.54) is 32.1 Å². The molecule has 28 heavy (non-hydrogen) atoms. The van der Waals surface area contributed by atoms with Gasteiger partial charge in [-0.15, -0.1) is 0 Å². The zero-order valence-electron chi connectivity index (χ0n) is 16.0. The molecule has 0 bridgehead atoms. The molecule has 2 aromatic heterocycles. The van der Waals surface area contributed by atoms with E-state index in [4.69, 9.17) is 13.9 Å². The lowest BCUT2D eigenvalue weighted by Gasteiger charge is -2.25. The molecule has 2 aromatic rings. The SMILES string of the molecule is c1coc(-c2ccnc(N[C@H]3CO[C@H]4[C@@H]3OC[C@@H]4NCC3CCCCC3)n2)c1. The highest BCUT2D eigenvalue weighted by Crippen LogP contribution is 2.30. The summed E-state index contributed by atoms with van der Waals surface area (Å²) in [6.07, 6.45) is 10.4. The Morgan fingerprint density at radius 2 is 1.82 bits per heavy atom. The van der Waals surface area contributed by atoms with Crippen LogP contribution in [0.25, 0.3) is 11.5 Å². The first-order chi connectivity index (χ1) is 13.9. The Labute approximate surface area is 165 Å². The van der Waals surface area contributed by atoms with Crippen LogP contribution in [-0.4, -0.2) is 54.0 Å². The van der Waals surface area contributed by atoms with Crippen LogP contribution < -0.4 is 10.6 Å². The quantitative estimate of drug-likeness (QED) is 0.792. The van der Waals surface area contributed by atoms with Crippen molar-refractivity contribution in [3.8, 4) is 11.5 Å². The molecule has 0 spiro atoms. The summed E-state index contributed by atoms with van der Waals surface area (Å²) < 4.78 is 17.6. The summed E-state index contributed by atoms with van der Waals surface area (Å²) >= 11 is 0. The number of rotatable bonds is 6. The van der Waals surface area contributed by atoms with E-state index in [0.717, 1.165) is 23.9 Å². The van der Waals surface area contributed by atoms with E-state index in [1.54, 1.807) is 12.5 Å². The lowest BCUT2D eigenvalue weighted by molar-refractivity contribution is 0.0671. The van der Waals surface area contributed by atoms with Crippen LogP contribution in [0.2, 0.25) is 0 Å². The van der Waals surface area contributed by atoms with Crippen molar-refractivity contribution in [2.45, 2.75) is 56.4 Å². The molecule has 150 valence electrons. The highest BCUT2D eigenvalue weighted by molar-refractivity contribution is 5.53. The van der Waals surface area contributed by atoms with E-state index in [-0.39, 0.29) is 24.3 Å². The molecule has 7 heteroatoms. The van der Waals surface area contributed by atoms with Gasteiger partial charge in [-0.1, -0.05) is 19.3 Å². The monoisotopic (exact) mass is 384 g/mol. The summed E-state index contributed by atoms with van der Waals surface area (Å²) in [5, 5.41) is 7.11. The second-order valence-electron chi connectivity index (χ2n) is 8.11. The van der Waals surface area contributed by atoms with Gasteiger partial charge in [0.25, 0.3) is 0 Å². The average Bonchev–Trinajstić information content (AvgIpc) is 3.47. The summed E-state index contributed by atoms with van der Waals surface area (Å²) in [4.78, 5) is 8.92. The molecule has 0 unspecified atom stereocenters. The Bertz CT molecular complexity index is 763. The van der Waals surface area contributed by atoms with Crippen LogP contribution >= 0.6 is 0 Å².